The molecule has 3 aromatic rings. The van der Waals surface area contributed by atoms with E-state index in [0.717, 1.165) is 0 Å². The van der Waals surface area contributed by atoms with Crippen LogP contribution in [-0.2, 0) is 14.8 Å². The van der Waals surface area contributed by atoms with Gasteiger partial charge in [-0.05, 0) is 55.0 Å². The topological polar surface area (TPSA) is 84.5 Å². The Labute approximate surface area is 174 Å². The first kappa shape index (κ1) is 20.7. The van der Waals surface area contributed by atoms with Gasteiger partial charge in [-0.15, -0.1) is 0 Å². The van der Waals surface area contributed by atoms with Gasteiger partial charge in [0.2, 0.25) is 0 Å². The predicted octanol–water partition coefficient (Wildman–Crippen LogP) is 4.47. The van der Waals surface area contributed by atoms with E-state index in [1.54, 1.807) is 61.5 Å². The van der Waals surface area contributed by atoms with Crippen molar-refractivity contribution in [1.82, 2.24) is 0 Å². The molecule has 0 spiro atoms. The van der Waals surface area contributed by atoms with Gasteiger partial charge in [0.1, 0.15) is 5.75 Å². The van der Waals surface area contributed by atoms with Crippen molar-refractivity contribution in [3.8, 4) is 5.75 Å². The lowest BCUT2D eigenvalue weighted by atomic mass is 10.2. The van der Waals surface area contributed by atoms with Crippen LogP contribution in [0.5, 0.6) is 5.75 Å². The van der Waals surface area contributed by atoms with Gasteiger partial charge in [0.05, 0.1) is 10.6 Å². The maximum Gasteiger partial charge on any atom is 0.262 e. The molecule has 2 N–H and O–H groups in total. The Balaban J connectivity index is 1.72. The summed E-state index contributed by atoms with van der Waals surface area (Å²) < 4.78 is 33.5. The third-order valence-corrected chi connectivity index (χ3v) is 5.71. The molecule has 0 bridgehead atoms. The van der Waals surface area contributed by atoms with E-state index in [2.05, 4.69) is 10.0 Å². The maximum atomic E-state index is 12.8. The summed E-state index contributed by atoms with van der Waals surface area (Å²) >= 11 is 5.91. The number of ether oxygens (including phenoxy) is 1. The molecule has 0 aliphatic rings. The summed E-state index contributed by atoms with van der Waals surface area (Å²) in [5.41, 5.74) is 1.24. The number of hydrogen-bond acceptors (Lipinski definition) is 4. The third-order valence-electron chi connectivity index (χ3n) is 3.95. The van der Waals surface area contributed by atoms with Gasteiger partial charge in [-0.1, -0.05) is 41.9 Å². The monoisotopic (exact) mass is 430 g/mol. The second kappa shape index (κ2) is 8.98. The standard InChI is InChI=1S/C21H19ClN2O4S/c1-15-10-11-17(23-21(25)14-28-19-8-3-2-4-9-19)13-20(15)29(26,27)24-18-7-5-6-16(22)12-18/h2-13,24H,14H2,1H3,(H,23,25). The molecule has 3 aromatic carbocycles. The Morgan fingerprint density at radius 3 is 2.45 bits per heavy atom. The molecule has 6 nitrogen and oxygen atoms in total. The quantitative estimate of drug-likeness (QED) is 0.579. The van der Waals surface area contributed by atoms with Gasteiger partial charge in [0.15, 0.2) is 6.61 Å². The lowest BCUT2D eigenvalue weighted by Gasteiger charge is -2.13. The fourth-order valence-electron chi connectivity index (χ4n) is 2.59. The van der Waals surface area contributed by atoms with Gasteiger partial charge in [-0.25, -0.2) is 8.42 Å². The number of benzene rings is 3. The number of nitrogens with one attached hydrogen (secondary N) is 2. The number of carbonyl (C=O) groups excluding carboxylic acids is 1. The summed E-state index contributed by atoms with van der Waals surface area (Å²) in [4.78, 5) is 12.2. The highest BCUT2D eigenvalue weighted by Gasteiger charge is 2.18. The van der Waals surface area contributed by atoms with Crippen molar-refractivity contribution in [3.05, 3.63) is 83.4 Å². The van der Waals surface area contributed by atoms with Crippen molar-refractivity contribution in [3.63, 3.8) is 0 Å². The molecule has 0 aromatic heterocycles. The molecule has 29 heavy (non-hydrogen) atoms. The number of aryl methyl sites for hydroxylation is 1. The average molecular weight is 431 g/mol. The number of anilines is 2. The number of carbonyl (C=O) groups is 1. The first-order valence-electron chi connectivity index (χ1n) is 8.70. The second-order valence-electron chi connectivity index (χ2n) is 6.25. The largest absolute Gasteiger partial charge is 0.484 e. The van der Waals surface area contributed by atoms with Crippen LogP contribution in [0.2, 0.25) is 5.02 Å². The minimum Gasteiger partial charge on any atom is -0.484 e. The van der Waals surface area contributed by atoms with E-state index in [4.69, 9.17) is 16.3 Å². The summed E-state index contributed by atoms with van der Waals surface area (Å²) in [6.45, 7) is 1.48. The zero-order valence-electron chi connectivity index (χ0n) is 15.6. The van der Waals surface area contributed by atoms with Crippen LogP contribution in [0.3, 0.4) is 0 Å². The van der Waals surface area contributed by atoms with Gasteiger partial charge in [0, 0.05) is 10.7 Å². The van der Waals surface area contributed by atoms with E-state index < -0.39 is 15.9 Å². The van der Waals surface area contributed by atoms with E-state index in [9.17, 15) is 13.2 Å². The summed E-state index contributed by atoms with van der Waals surface area (Å²) in [6, 6.07) is 20.0. The van der Waals surface area contributed by atoms with Crippen LogP contribution in [0, 0.1) is 6.92 Å². The third kappa shape index (κ3) is 5.73. The molecule has 150 valence electrons. The molecule has 8 heteroatoms. The first-order chi connectivity index (χ1) is 13.8. The molecule has 3 rings (SSSR count). The molecule has 0 saturated heterocycles. The van der Waals surface area contributed by atoms with Crippen molar-refractivity contribution in [2.24, 2.45) is 0 Å². The van der Waals surface area contributed by atoms with Crippen molar-refractivity contribution < 1.29 is 17.9 Å². The summed E-state index contributed by atoms with van der Waals surface area (Å²) in [5.74, 6) is 0.171. The van der Waals surface area contributed by atoms with E-state index in [1.165, 1.54) is 12.1 Å². The molecule has 0 radical (unpaired) electrons. The smallest absolute Gasteiger partial charge is 0.262 e. The molecule has 0 heterocycles. The molecule has 0 unspecified atom stereocenters. The number of halogens is 1. The van der Waals surface area contributed by atoms with Gasteiger partial charge in [-0.3, -0.25) is 9.52 Å². The van der Waals surface area contributed by atoms with E-state index in [1.807, 2.05) is 6.07 Å². The number of hydrogen-bond donors (Lipinski definition) is 2. The fraction of sp³-hybridized carbons (Fsp3) is 0.0952. The molecule has 0 saturated carbocycles. The molecular weight excluding hydrogens is 412 g/mol. The number of para-hydroxylation sites is 1. The van der Waals surface area contributed by atoms with Crippen LogP contribution < -0.4 is 14.8 Å². The van der Waals surface area contributed by atoms with E-state index in [-0.39, 0.29) is 11.5 Å². The van der Waals surface area contributed by atoms with Crippen LogP contribution in [0.15, 0.2) is 77.7 Å². The van der Waals surface area contributed by atoms with Crippen molar-refractivity contribution >= 4 is 38.9 Å². The molecule has 0 aliphatic carbocycles. The van der Waals surface area contributed by atoms with Gasteiger partial charge in [-0.2, -0.15) is 0 Å². The molecule has 0 aliphatic heterocycles. The van der Waals surface area contributed by atoms with Crippen LogP contribution in [0.25, 0.3) is 0 Å². The van der Waals surface area contributed by atoms with Crippen molar-refractivity contribution in [2.75, 3.05) is 16.6 Å². The summed E-state index contributed by atoms with van der Waals surface area (Å²) in [5, 5.41) is 3.07. The molecule has 0 fully saturated rings. The Bertz CT molecular complexity index is 1120. The Hall–Kier alpha value is -3.03. The minimum absolute atomic E-state index is 0.0549. The fourth-order valence-corrected chi connectivity index (χ4v) is 4.10. The maximum absolute atomic E-state index is 12.8. The summed E-state index contributed by atoms with van der Waals surface area (Å²) in [7, 11) is -3.87. The van der Waals surface area contributed by atoms with Crippen LogP contribution in [0.4, 0.5) is 11.4 Å². The van der Waals surface area contributed by atoms with Gasteiger partial charge in [0.25, 0.3) is 15.9 Å². The van der Waals surface area contributed by atoms with E-state index >= 15 is 0 Å². The van der Waals surface area contributed by atoms with Crippen LogP contribution in [0.1, 0.15) is 5.56 Å². The Morgan fingerprint density at radius 2 is 1.72 bits per heavy atom. The Kier molecular flexibility index (Phi) is 6.41. The normalized spacial score (nSPS) is 11.0. The van der Waals surface area contributed by atoms with Gasteiger partial charge < -0.3 is 10.1 Å². The second-order valence-corrected chi connectivity index (χ2v) is 8.33. The molecule has 1 amide bonds. The predicted molar refractivity (Wildman–Crippen MR) is 114 cm³/mol. The lowest BCUT2D eigenvalue weighted by Crippen LogP contribution is -2.21. The lowest BCUT2D eigenvalue weighted by molar-refractivity contribution is -0.118. The van der Waals surface area contributed by atoms with Crippen LogP contribution in [-0.4, -0.2) is 20.9 Å². The number of amides is 1. The van der Waals surface area contributed by atoms with E-state index in [0.29, 0.717) is 27.7 Å². The summed E-state index contributed by atoms with van der Waals surface area (Å²) in [6.07, 6.45) is 0. The highest BCUT2D eigenvalue weighted by atomic mass is 35.5. The van der Waals surface area contributed by atoms with Crippen molar-refractivity contribution in [1.29, 1.82) is 0 Å². The molecule has 0 atom stereocenters. The van der Waals surface area contributed by atoms with Gasteiger partial charge >= 0.3 is 0 Å². The highest BCUT2D eigenvalue weighted by Crippen LogP contribution is 2.24. The minimum atomic E-state index is -3.87. The number of sulfonamides is 1. The Morgan fingerprint density at radius 1 is 0.966 bits per heavy atom. The highest BCUT2D eigenvalue weighted by molar-refractivity contribution is 7.92. The van der Waals surface area contributed by atoms with Crippen molar-refractivity contribution in [2.45, 2.75) is 11.8 Å². The number of rotatable bonds is 7. The molecular formula is C21H19ClN2O4S. The van der Waals surface area contributed by atoms with Crippen LogP contribution >= 0.6 is 11.6 Å². The SMILES string of the molecule is Cc1ccc(NC(=O)COc2ccccc2)cc1S(=O)(=O)Nc1cccc(Cl)c1. The first-order valence-corrected chi connectivity index (χ1v) is 10.6. The zero-order chi connectivity index (χ0) is 20.9. The zero-order valence-corrected chi connectivity index (χ0v) is 17.1. The average Bonchev–Trinajstić information content (AvgIpc) is 2.68.